The summed E-state index contributed by atoms with van der Waals surface area (Å²) in [5, 5.41) is 0.809. The van der Waals surface area contributed by atoms with Crippen LogP contribution in [0.3, 0.4) is 0 Å². The number of aromatic nitrogens is 1. The summed E-state index contributed by atoms with van der Waals surface area (Å²) in [4.78, 5) is 16.2. The number of rotatable bonds is 4. The third-order valence-electron chi connectivity index (χ3n) is 2.43. The Morgan fingerprint density at radius 2 is 2.06 bits per heavy atom. The van der Waals surface area contributed by atoms with E-state index in [9.17, 15) is 4.79 Å². The molecule has 4 heteroatoms. The molecule has 2 aromatic rings. The van der Waals surface area contributed by atoms with Crippen LogP contribution < -0.4 is 0 Å². The number of benzene rings is 1. The molecule has 0 radical (unpaired) electrons. The lowest BCUT2D eigenvalue weighted by Gasteiger charge is -2.12. The summed E-state index contributed by atoms with van der Waals surface area (Å²) in [6.45, 7) is 1.54. The zero-order valence-electron chi connectivity index (χ0n) is 9.71. The van der Waals surface area contributed by atoms with Crippen molar-refractivity contribution in [3.8, 4) is 0 Å². The topological polar surface area (TPSA) is 39.2 Å². The summed E-state index contributed by atoms with van der Waals surface area (Å²) in [6, 6.07) is 9.85. The number of nitrogens with zero attached hydrogens (tertiary/aromatic N) is 1. The molecule has 0 fully saturated rings. The van der Waals surface area contributed by atoms with Gasteiger partial charge in [0.25, 0.3) is 0 Å². The van der Waals surface area contributed by atoms with Crippen molar-refractivity contribution in [2.75, 3.05) is 7.11 Å². The van der Waals surface area contributed by atoms with Crippen molar-refractivity contribution in [1.29, 1.82) is 0 Å². The minimum atomic E-state index is -0.200. The molecule has 1 aromatic heterocycles. The van der Waals surface area contributed by atoms with E-state index in [2.05, 4.69) is 4.98 Å². The minimum Gasteiger partial charge on any atom is -0.370 e. The molecule has 1 unspecified atom stereocenters. The van der Waals surface area contributed by atoms with E-state index < -0.39 is 0 Å². The Bertz CT molecular complexity index is 507. The highest BCUT2D eigenvalue weighted by atomic mass is 32.1. The van der Waals surface area contributed by atoms with Crippen LogP contribution in [-0.4, -0.2) is 17.9 Å². The molecule has 1 heterocycles. The van der Waals surface area contributed by atoms with Crippen molar-refractivity contribution in [1.82, 2.24) is 4.98 Å². The molecule has 0 amide bonds. The Balaban J connectivity index is 2.32. The van der Waals surface area contributed by atoms with Gasteiger partial charge in [0.05, 0.1) is 4.88 Å². The van der Waals surface area contributed by atoms with Crippen molar-refractivity contribution in [2.24, 2.45) is 0 Å². The summed E-state index contributed by atoms with van der Waals surface area (Å²) in [6.07, 6.45) is 1.41. The SMILES string of the molecule is COC(c1ccccc1)c1ncc(C(C)=O)s1. The summed E-state index contributed by atoms with van der Waals surface area (Å²) in [5.74, 6) is 0.0386. The van der Waals surface area contributed by atoms with Crippen LogP contribution in [0.5, 0.6) is 0 Å². The first-order valence-electron chi connectivity index (χ1n) is 5.26. The Kier molecular flexibility index (Phi) is 3.66. The van der Waals surface area contributed by atoms with E-state index >= 15 is 0 Å². The Morgan fingerprint density at radius 3 is 2.59 bits per heavy atom. The van der Waals surface area contributed by atoms with E-state index in [4.69, 9.17) is 4.74 Å². The van der Waals surface area contributed by atoms with Gasteiger partial charge in [0.1, 0.15) is 11.1 Å². The first-order valence-corrected chi connectivity index (χ1v) is 6.08. The van der Waals surface area contributed by atoms with Crippen molar-refractivity contribution < 1.29 is 9.53 Å². The number of methoxy groups -OCH3 is 1. The number of Topliss-reactive ketones (excluding diaryl/α,β-unsaturated/α-hetero) is 1. The smallest absolute Gasteiger partial charge is 0.171 e. The quantitative estimate of drug-likeness (QED) is 0.779. The van der Waals surface area contributed by atoms with Gasteiger partial charge in [-0.3, -0.25) is 4.79 Å². The van der Waals surface area contributed by atoms with Crippen LogP contribution in [-0.2, 0) is 4.74 Å². The molecule has 0 aliphatic rings. The number of thiazole rings is 1. The maximum atomic E-state index is 11.2. The maximum absolute atomic E-state index is 11.2. The normalized spacial score (nSPS) is 12.4. The molecule has 0 aliphatic carbocycles. The third-order valence-corrected chi connectivity index (χ3v) is 3.57. The summed E-state index contributed by atoms with van der Waals surface area (Å²) < 4.78 is 5.45. The monoisotopic (exact) mass is 247 g/mol. The number of carbonyl (C=O) groups is 1. The molecular formula is C13H13NO2S. The Hall–Kier alpha value is -1.52. The molecule has 0 spiro atoms. The highest BCUT2D eigenvalue weighted by Gasteiger charge is 2.17. The Morgan fingerprint density at radius 1 is 1.35 bits per heavy atom. The predicted octanol–water partition coefficient (Wildman–Crippen LogP) is 3.08. The van der Waals surface area contributed by atoms with Crippen LogP contribution in [0.1, 0.15) is 33.3 Å². The standard InChI is InChI=1S/C13H13NO2S/c1-9(15)11-8-14-13(17-11)12(16-2)10-6-4-3-5-7-10/h3-8,12H,1-2H3. The van der Waals surface area contributed by atoms with Gasteiger partial charge in [-0.05, 0) is 5.56 Å². The number of hydrogen-bond donors (Lipinski definition) is 0. The molecule has 0 aliphatic heterocycles. The lowest BCUT2D eigenvalue weighted by Crippen LogP contribution is -2.02. The van der Waals surface area contributed by atoms with Gasteiger partial charge in [0.15, 0.2) is 5.78 Å². The number of carbonyl (C=O) groups excluding carboxylic acids is 1. The highest BCUT2D eigenvalue weighted by Crippen LogP contribution is 2.28. The van der Waals surface area contributed by atoms with Crippen LogP contribution in [0.4, 0.5) is 0 Å². The van der Waals surface area contributed by atoms with Gasteiger partial charge in [0, 0.05) is 20.2 Å². The van der Waals surface area contributed by atoms with E-state index in [1.165, 1.54) is 11.3 Å². The molecule has 17 heavy (non-hydrogen) atoms. The first-order chi connectivity index (χ1) is 8.22. The summed E-state index contributed by atoms with van der Waals surface area (Å²) in [5.41, 5.74) is 1.04. The lowest BCUT2D eigenvalue weighted by molar-refractivity contribution is 0.102. The van der Waals surface area contributed by atoms with Gasteiger partial charge >= 0.3 is 0 Å². The molecule has 2 rings (SSSR count). The second-order valence-electron chi connectivity index (χ2n) is 3.65. The van der Waals surface area contributed by atoms with E-state index in [0.717, 1.165) is 10.6 Å². The molecule has 88 valence electrons. The van der Waals surface area contributed by atoms with Crippen LogP contribution >= 0.6 is 11.3 Å². The van der Waals surface area contributed by atoms with E-state index in [1.807, 2.05) is 30.3 Å². The molecule has 0 bridgehead atoms. The fraction of sp³-hybridized carbons (Fsp3) is 0.231. The molecular weight excluding hydrogens is 234 g/mol. The van der Waals surface area contributed by atoms with Gasteiger partial charge < -0.3 is 4.74 Å². The molecule has 3 nitrogen and oxygen atoms in total. The maximum Gasteiger partial charge on any atom is 0.171 e. The van der Waals surface area contributed by atoms with Crippen LogP contribution in [0.2, 0.25) is 0 Å². The average Bonchev–Trinajstić information content (AvgIpc) is 2.81. The first kappa shape index (κ1) is 12.0. The van der Waals surface area contributed by atoms with E-state index in [-0.39, 0.29) is 11.9 Å². The van der Waals surface area contributed by atoms with Crippen molar-refractivity contribution >= 4 is 17.1 Å². The van der Waals surface area contributed by atoms with Crippen LogP contribution in [0.25, 0.3) is 0 Å². The fourth-order valence-electron chi connectivity index (χ4n) is 1.58. The van der Waals surface area contributed by atoms with Crippen molar-refractivity contribution in [3.63, 3.8) is 0 Å². The molecule has 1 atom stereocenters. The molecule has 1 aromatic carbocycles. The van der Waals surface area contributed by atoms with E-state index in [0.29, 0.717) is 4.88 Å². The van der Waals surface area contributed by atoms with Gasteiger partial charge in [-0.2, -0.15) is 0 Å². The van der Waals surface area contributed by atoms with Gasteiger partial charge in [0.2, 0.25) is 0 Å². The largest absolute Gasteiger partial charge is 0.370 e. The zero-order chi connectivity index (χ0) is 12.3. The summed E-state index contributed by atoms with van der Waals surface area (Å²) in [7, 11) is 1.65. The van der Waals surface area contributed by atoms with Crippen molar-refractivity contribution in [2.45, 2.75) is 13.0 Å². The number of ether oxygens (including phenoxy) is 1. The highest BCUT2D eigenvalue weighted by molar-refractivity contribution is 7.13. The summed E-state index contributed by atoms with van der Waals surface area (Å²) >= 11 is 1.38. The second-order valence-corrected chi connectivity index (χ2v) is 4.71. The molecule has 0 N–H and O–H groups in total. The van der Waals surface area contributed by atoms with E-state index in [1.54, 1.807) is 20.2 Å². The molecule has 0 saturated heterocycles. The zero-order valence-corrected chi connectivity index (χ0v) is 10.5. The third kappa shape index (κ3) is 2.60. The lowest BCUT2D eigenvalue weighted by atomic mass is 10.1. The van der Waals surface area contributed by atoms with Gasteiger partial charge in [-0.25, -0.2) is 4.98 Å². The minimum absolute atomic E-state index is 0.0386. The second kappa shape index (κ2) is 5.21. The molecule has 0 saturated carbocycles. The predicted molar refractivity (Wildman–Crippen MR) is 67.4 cm³/mol. The van der Waals surface area contributed by atoms with Gasteiger partial charge in [-0.1, -0.05) is 30.3 Å². The number of ketones is 1. The fourth-order valence-corrected chi connectivity index (χ4v) is 2.50. The Labute approximate surface area is 104 Å². The van der Waals surface area contributed by atoms with Crippen molar-refractivity contribution in [3.05, 3.63) is 52.0 Å². The van der Waals surface area contributed by atoms with Crippen LogP contribution in [0, 0.1) is 0 Å². The van der Waals surface area contributed by atoms with Gasteiger partial charge in [-0.15, -0.1) is 11.3 Å². The average molecular weight is 247 g/mol. The number of hydrogen-bond acceptors (Lipinski definition) is 4. The van der Waals surface area contributed by atoms with Crippen LogP contribution in [0.15, 0.2) is 36.5 Å².